The molecule has 0 aromatic rings. The van der Waals surface area contributed by atoms with Gasteiger partial charge in [-0.25, -0.2) is 0 Å². The molecule has 2 N–H and O–H groups in total. The van der Waals surface area contributed by atoms with E-state index < -0.39 is 11.3 Å². The summed E-state index contributed by atoms with van der Waals surface area (Å²) < 4.78 is 6.72. The molecule has 1 atom stereocenters. The molecule has 1 unspecified atom stereocenters. The summed E-state index contributed by atoms with van der Waals surface area (Å²) in [5.74, 6) is 0.0805. The lowest BCUT2D eigenvalue weighted by molar-refractivity contribution is -0.154. The van der Waals surface area contributed by atoms with E-state index in [2.05, 4.69) is 50.5 Å². The minimum absolute atomic E-state index is 0.0805. The van der Waals surface area contributed by atoms with Crippen LogP contribution in [0.5, 0.6) is 0 Å². The molecule has 0 aromatic heterocycles. The lowest BCUT2D eigenvalue weighted by Gasteiger charge is -2.50. The molecular weight excluding hydrogens is 324 g/mol. The van der Waals surface area contributed by atoms with Gasteiger partial charge in [0.15, 0.2) is 11.3 Å². The first-order chi connectivity index (χ1) is 12.2. The number of ether oxygens (including phenoxy) is 1. The summed E-state index contributed by atoms with van der Waals surface area (Å²) in [5, 5.41) is 6.95. The van der Waals surface area contributed by atoms with Crippen molar-refractivity contribution in [2.24, 2.45) is 0 Å². The predicted octanol–water partition coefficient (Wildman–Crippen LogP) is 4.59. The second-order valence-corrected chi connectivity index (χ2v) is 10.1. The number of hydrogen-bond acceptors (Lipinski definition) is 3. The predicted molar refractivity (Wildman–Crippen MR) is 106 cm³/mol. The molecule has 2 spiro atoms. The van der Waals surface area contributed by atoms with E-state index in [1.165, 1.54) is 38.5 Å². The summed E-state index contributed by atoms with van der Waals surface area (Å²) >= 11 is 0. The van der Waals surface area contributed by atoms with Gasteiger partial charge in [-0.05, 0) is 59.5 Å². The molecule has 2 heterocycles. The molecule has 0 radical (unpaired) electrons. The number of hydrogen-bond donors (Lipinski definition) is 2. The van der Waals surface area contributed by atoms with Gasteiger partial charge in [0, 0.05) is 23.9 Å². The average molecular weight is 363 g/mol. The third kappa shape index (κ3) is 4.51. The fourth-order valence-corrected chi connectivity index (χ4v) is 5.53. The van der Waals surface area contributed by atoms with Crippen LogP contribution in [0.25, 0.3) is 0 Å². The van der Waals surface area contributed by atoms with Crippen LogP contribution in [0.3, 0.4) is 0 Å². The van der Waals surface area contributed by atoms with Gasteiger partial charge in [0.25, 0.3) is 5.91 Å². The van der Waals surface area contributed by atoms with Gasteiger partial charge in [-0.15, -0.1) is 0 Å². The minimum Gasteiger partial charge on any atom is -0.336 e. The lowest BCUT2D eigenvalue weighted by atomic mass is 9.72. The van der Waals surface area contributed by atoms with Crippen LogP contribution in [0.1, 0.15) is 98.3 Å². The number of carbonyl (C=O) groups excluding carboxylic acids is 1. The van der Waals surface area contributed by atoms with Crippen LogP contribution in [-0.4, -0.2) is 28.3 Å². The van der Waals surface area contributed by atoms with Crippen LogP contribution in [0.2, 0.25) is 0 Å². The summed E-state index contributed by atoms with van der Waals surface area (Å²) in [6, 6.07) is 0. The molecule has 4 nitrogen and oxygen atoms in total. The molecule has 4 heteroatoms. The first-order valence-electron chi connectivity index (χ1n) is 10.7. The van der Waals surface area contributed by atoms with Gasteiger partial charge in [0.2, 0.25) is 0 Å². The fraction of sp³-hybridized carbons (Fsp3) is 0.864. The summed E-state index contributed by atoms with van der Waals surface area (Å²) in [7, 11) is 0. The maximum absolute atomic E-state index is 13.2. The van der Waals surface area contributed by atoms with Crippen LogP contribution in [0.4, 0.5) is 0 Å². The topological polar surface area (TPSA) is 50.4 Å². The van der Waals surface area contributed by atoms with Crippen molar-refractivity contribution >= 4 is 5.91 Å². The SMILES string of the molecule is CC1(C)CC2(CC(C)(C)N1)OC1(/C=C\CCCCCCCCC1)NC2=O. The number of amides is 1. The minimum atomic E-state index is -0.723. The van der Waals surface area contributed by atoms with Crippen LogP contribution < -0.4 is 10.6 Å². The highest BCUT2D eigenvalue weighted by Gasteiger charge is 2.60. The highest BCUT2D eigenvalue weighted by molar-refractivity contribution is 5.88. The molecule has 1 aliphatic carbocycles. The lowest BCUT2D eigenvalue weighted by Crippen LogP contribution is -2.65. The number of nitrogens with one attached hydrogen (secondary N) is 2. The highest BCUT2D eigenvalue weighted by Crippen LogP contribution is 2.45. The van der Waals surface area contributed by atoms with Crippen molar-refractivity contribution < 1.29 is 9.53 Å². The Balaban J connectivity index is 1.83. The fourth-order valence-electron chi connectivity index (χ4n) is 5.53. The first-order valence-corrected chi connectivity index (χ1v) is 10.7. The molecule has 1 amide bonds. The second kappa shape index (κ2) is 7.27. The zero-order valence-corrected chi connectivity index (χ0v) is 17.2. The Labute approximate surface area is 159 Å². The molecule has 2 saturated heterocycles. The van der Waals surface area contributed by atoms with Crippen molar-refractivity contribution in [1.29, 1.82) is 0 Å². The number of rotatable bonds is 0. The van der Waals surface area contributed by atoms with Crippen LogP contribution in [0.15, 0.2) is 12.2 Å². The Bertz CT molecular complexity index is 536. The Morgan fingerprint density at radius 3 is 2.12 bits per heavy atom. The molecule has 148 valence electrons. The van der Waals surface area contributed by atoms with Crippen molar-refractivity contribution in [3.8, 4) is 0 Å². The highest BCUT2D eigenvalue weighted by atomic mass is 16.6. The normalized spacial score (nSPS) is 35.5. The zero-order valence-electron chi connectivity index (χ0n) is 17.2. The van der Waals surface area contributed by atoms with Gasteiger partial charge >= 0.3 is 0 Å². The second-order valence-electron chi connectivity index (χ2n) is 10.1. The Morgan fingerprint density at radius 2 is 1.46 bits per heavy atom. The first kappa shape index (κ1) is 19.9. The van der Waals surface area contributed by atoms with Gasteiger partial charge in [0.1, 0.15) is 0 Å². The summed E-state index contributed by atoms with van der Waals surface area (Å²) in [6.07, 6.45) is 16.6. The van der Waals surface area contributed by atoms with E-state index in [1.807, 2.05) is 0 Å². The van der Waals surface area contributed by atoms with E-state index in [4.69, 9.17) is 4.74 Å². The molecule has 2 aliphatic heterocycles. The molecule has 0 aromatic carbocycles. The molecule has 2 fully saturated rings. The van der Waals surface area contributed by atoms with Gasteiger partial charge in [-0.1, -0.05) is 38.2 Å². The van der Waals surface area contributed by atoms with E-state index >= 15 is 0 Å². The van der Waals surface area contributed by atoms with Gasteiger partial charge in [-0.3, -0.25) is 4.79 Å². The number of carbonyl (C=O) groups is 1. The zero-order chi connectivity index (χ0) is 18.9. The molecule has 3 rings (SSSR count). The van der Waals surface area contributed by atoms with E-state index in [-0.39, 0.29) is 17.0 Å². The van der Waals surface area contributed by atoms with Crippen molar-refractivity contribution in [2.75, 3.05) is 0 Å². The third-order valence-corrected chi connectivity index (χ3v) is 6.05. The van der Waals surface area contributed by atoms with E-state index in [9.17, 15) is 4.79 Å². The molecule has 0 saturated carbocycles. The van der Waals surface area contributed by atoms with Gasteiger partial charge in [-0.2, -0.15) is 0 Å². The largest absolute Gasteiger partial charge is 0.336 e. The monoisotopic (exact) mass is 362 g/mol. The van der Waals surface area contributed by atoms with Crippen molar-refractivity contribution in [3.63, 3.8) is 0 Å². The van der Waals surface area contributed by atoms with Crippen molar-refractivity contribution in [1.82, 2.24) is 10.6 Å². The van der Waals surface area contributed by atoms with E-state index in [0.29, 0.717) is 12.8 Å². The number of allylic oxidation sites excluding steroid dienone is 1. The molecule has 26 heavy (non-hydrogen) atoms. The van der Waals surface area contributed by atoms with Crippen LogP contribution >= 0.6 is 0 Å². The number of piperidine rings is 1. The summed E-state index contributed by atoms with van der Waals surface area (Å²) in [4.78, 5) is 13.2. The van der Waals surface area contributed by atoms with Crippen LogP contribution in [-0.2, 0) is 9.53 Å². The van der Waals surface area contributed by atoms with Crippen LogP contribution in [0, 0.1) is 0 Å². The van der Waals surface area contributed by atoms with Gasteiger partial charge in [0.05, 0.1) is 0 Å². The summed E-state index contributed by atoms with van der Waals surface area (Å²) in [5.41, 5.74) is -1.58. The van der Waals surface area contributed by atoms with Gasteiger partial charge < -0.3 is 15.4 Å². The van der Waals surface area contributed by atoms with Crippen molar-refractivity contribution in [2.45, 2.75) is 121 Å². The Hall–Kier alpha value is -0.870. The standard InChI is InChI=1S/C22H38N2O2/c1-19(2)16-21(17-20(3,4)24-19)18(25)23-22(26-21)14-12-10-8-6-5-7-9-11-13-15-22/h12,14,24H,5-11,13,15-17H2,1-4H3,(H,23,25)/b14-12-. The molecular formula is C22H38N2O2. The smallest absolute Gasteiger partial charge is 0.254 e. The maximum atomic E-state index is 13.2. The Morgan fingerprint density at radius 1 is 0.885 bits per heavy atom. The Kier molecular flexibility index (Phi) is 5.56. The summed E-state index contributed by atoms with van der Waals surface area (Å²) in [6.45, 7) is 8.70. The van der Waals surface area contributed by atoms with E-state index in [1.54, 1.807) is 0 Å². The average Bonchev–Trinajstić information content (AvgIpc) is 2.71. The molecule has 0 bridgehead atoms. The van der Waals surface area contributed by atoms with Crippen molar-refractivity contribution in [3.05, 3.63) is 12.2 Å². The quantitative estimate of drug-likeness (QED) is 0.620. The van der Waals surface area contributed by atoms with E-state index in [0.717, 1.165) is 19.3 Å². The third-order valence-electron chi connectivity index (χ3n) is 6.05. The maximum Gasteiger partial charge on any atom is 0.254 e. The molecule has 3 aliphatic rings.